The molecular formula is C11H24S2. The fourth-order valence-electron chi connectivity index (χ4n) is 1.80. The van der Waals surface area contributed by atoms with Crippen LogP contribution in [-0.4, -0.2) is 22.0 Å². The molecule has 0 saturated heterocycles. The van der Waals surface area contributed by atoms with Crippen molar-refractivity contribution in [2.24, 2.45) is 5.41 Å². The molecule has 0 radical (unpaired) electrons. The lowest BCUT2D eigenvalue weighted by Gasteiger charge is -2.47. The molecule has 1 aliphatic heterocycles. The maximum absolute atomic E-state index is 2.48. The van der Waals surface area contributed by atoms with Crippen LogP contribution >= 0.6 is 0 Å². The maximum Gasteiger partial charge on any atom is 0.0184 e. The first-order valence-corrected chi connectivity index (χ1v) is 8.61. The van der Waals surface area contributed by atoms with Crippen LogP contribution in [0.5, 0.6) is 0 Å². The van der Waals surface area contributed by atoms with Gasteiger partial charge >= 0.3 is 0 Å². The Morgan fingerprint density at radius 3 is 1.69 bits per heavy atom. The van der Waals surface area contributed by atoms with Crippen molar-refractivity contribution in [2.75, 3.05) is 12.0 Å². The molecule has 0 aromatic heterocycles. The van der Waals surface area contributed by atoms with E-state index in [1.165, 1.54) is 5.75 Å². The van der Waals surface area contributed by atoms with Gasteiger partial charge in [-0.15, -0.1) is 0 Å². The summed E-state index contributed by atoms with van der Waals surface area (Å²) in [6, 6.07) is 0. The van der Waals surface area contributed by atoms with Crippen LogP contribution in [-0.2, 0) is 18.9 Å². The molecule has 1 rings (SSSR count). The minimum atomic E-state index is 0.534. The molecule has 0 spiro atoms. The summed E-state index contributed by atoms with van der Waals surface area (Å²) in [5, 5.41) is 0.982. The summed E-state index contributed by atoms with van der Waals surface area (Å²) >= 11 is 0. The Hall–Kier alpha value is 0.700. The monoisotopic (exact) mass is 220 g/mol. The third-order valence-electron chi connectivity index (χ3n) is 2.67. The van der Waals surface area contributed by atoms with Gasteiger partial charge in [0.1, 0.15) is 0 Å². The lowest BCUT2D eigenvalue weighted by molar-refractivity contribution is 0.410. The van der Waals surface area contributed by atoms with E-state index in [1.54, 1.807) is 0 Å². The second-order valence-corrected chi connectivity index (χ2v) is 12.6. The van der Waals surface area contributed by atoms with Crippen LogP contribution in [0.4, 0.5) is 0 Å². The van der Waals surface area contributed by atoms with E-state index in [0.29, 0.717) is 29.1 Å². The fraction of sp³-hybridized carbons (Fsp3) is 1.00. The average Bonchev–Trinajstić information content (AvgIpc) is 1.77. The van der Waals surface area contributed by atoms with Crippen LogP contribution in [0, 0.1) is 5.41 Å². The van der Waals surface area contributed by atoms with E-state index in [9.17, 15) is 0 Å². The zero-order valence-electron chi connectivity index (χ0n) is 10.1. The molecule has 0 amide bonds. The minimum Gasteiger partial charge on any atom is -0.160 e. The Bertz CT molecular complexity index is 238. The normalized spacial score (nSPS) is 35.8. The van der Waals surface area contributed by atoms with Crippen molar-refractivity contribution in [3.8, 4) is 0 Å². The molecule has 13 heavy (non-hydrogen) atoms. The predicted octanol–water partition coefficient (Wildman–Crippen LogP) is 2.99. The standard InChI is InChI=1S/C11H24S2/c1-10(2,3)9-8-13(12(9)7)11(4,5)6/h9H,8H2,1-7H3/t9-,12?,13?/m0/s1. The largest absolute Gasteiger partial charge is 0.160 e. The average molecular weight is 220 g/mol. The second kappa shape index (κ2) is 3.37. The molecule has 0 aromatic rings. The first kappa shape index (κ1) is 11.8. The molecule has 0 bridgehead atoms. The third kappa shape index (κ3) is 2.38. The smallest absolute Gasteiger partial charge is 0.0184 e. The van der Waals surface area contributed by atoms with Crippen molar-refractivity contribution in [3.63, 3.8) is 0 Å². The van der Waals surface area contributed by atoms with Crippen molar-refractivity contribution in [1.82, 2.24) is 0 Å². The third-order valence-corrected chi connectivity index (χ3v) is 11.7. The maximum atomic E-state index is 2.48. The molecule has 1 heterocycles. The first-order valence-electron chi connectivity index (χ1n) is 5.00. The van der Waals surface area contributed by atoms with Crippen LogP contribution in [0.15, 0.2) is 0 Å². The molecule has 0 fully saturated rings. The molecule has 0 saturated carbocycles. The van der Waals surface area contributed by atoms with Gasteiger partial charge in [-0.3, -0.25) is 0 Å². The topological polar surface area (TPSA) is 0 Å². The van der Waals surface area contributed by atoms with Gasteiger partial charge in [-0.2, -0.15) is 18.9 Å². The lowest BCUT2D eigenvalue weighted by atomic mass is 9.93. The van der Waals surface area contributed by atoms with Gasteiger partial charge in [0.05, 0.1) is 0 Å². The van der Waals surface area contributed by atoms with Crippen LogP contribution in [0.3, 0.4) is 0 Å². The van der Waals surface area contributed by atoms with Gasteiger partial charge in [0.25, 0.3) is 0 Å². The summed E-state index contributed by atoms with van der Waals surface area (Å²) in [6.07, 6.45) is 2.48. The minimum absolute atomic E-state index is 0.534. The fourth-order valence-corrected chi connectivity index (χ4v) is 10.8. The van der Waals surface area contributed by atoms with Crippen molar-refractivity contribution in [1.29, 1.82) is 0 Å². The molecule has 0 aromatic carbocycles. The van der Waals surface area contributed by atoms with Crippen molar-refractivity contribution in [2.45, 2.75) is 51.5 Å². The van der Waals surface area contributed by atoms with Gasteiger partial charge in [0.2, 0.25) is 0 Å². The summed E-state index contributed by atoms with van der Waals surface area (Å²) in [5.74, 6) is 1.48. The lowest BCUT2D eigenvalue weighted by Crippen LogP contribution is -2.50. The van der Waals surface area contributed by atoms with Crippen molar-refractivity contribution < 1.29 is 0 Å². The highest BCUT2D eigenvalue weighted by molar-refractivity contribution is 8.47. The second-order valence-electron chi connectivity index (χ2n) is 5.98. The number of hydrogen-bond donors (Lipinski definition) is 0. The molecular weight excluding hydrogens is 196 g/mol. The zero-order chi connectivity index (χ0) is 10.4. The van der Waals surface area contributed by atoms with Crippen LogP contribution < -0.4 is 0 Å². The van der Waals surface area contributed by atoms with Crippen LogP contribution in [0.25, 0.3) is 0 Å². The Balaban J connectivity index is 2.83. The highest BCUT2D eigenvalue weighted by atomic mass is 32.9. The van der Waals surface area contributed by atoms with Gasteiger partial charge < -0.3 is 0 Å². The van der Waals surface area contributed by atoms with E-state index < -0.39 is 0 Å². The summed E-state index contributed by atoms with van der Waals surface area (Å²) in [6.45, 7) is 14.4. The summed E-state index contributed by atoms with van der Waals surface area (Å²) in [5.41, 5.74) is 0.534. The molecule has 0 nitrogen and oxygen atoms in total. The van der Waals surface area contributed by atoms with Gasteiger partial charge in [-0.1, -0.05) is 41.5 Å². The van der Waals surface area contributed by atoms with E-state index in [2.05, 4.69) is 47.8 Å². The van der Waals surface area contributed by atoms with Gasteiger partial charge in [-0.25, -0.2) is 0 Å². The Morgan fingerprint density at radius 1 is 1.00 bits per heavy atom. The molecule has 2 unspecified atom stereocenters. The summed E-state index contributed by atoms with van der Waals surface area (Å²) in [4.78, 5) is 0. The number of rotatable bonds is 0. The molecule has 1 aliphatic rings. The molecule has 0 aliphatic carbocycles. The molecule has 2 heteroatoms. The van der Waals surface area contributed by atoms with E-state index in [4.69, 9.17) is 0 Å². The number of hydrogen-bond acceptors (Lipinski definition) is 0. The van der Waals surface area contributed by atoms with E-state index in [0.717, 1.165) is 5.25 Å². The van der Waals surface area contributed by atoms with E-state index >= 15 is 0 Å². The molecule has 80 valence electrons. The molecule has 3 atom stereocenters. The van der Waals surface area contributed by atoms with Crippen molar-refractivity contribution >= 4 is 18.9 Å². The van der Waals surface area contributed by atoms with Crippen molar-refractivity contribution in [3.05, 3.63) is 0 Å². The van der Waals surface area contributed by atoms with Crippen LogP contribution in [0.1, 0.15) is 41.5 Å². The Labute approximate surface area is 88.0 Å². The van der Waals surface area contributed by atoms with Crippen LogP contribution in [0.2, 0.25) is 0 Å². The first-order chi connectivity index (χ1) is 5.64. The predicted molar refractivity (Wildman–Crippen MR) is 68.5 cm³/mol. The summed E-state index contributed by atoms with van der Waals surface area (Å²) in [7, 11) is 1.36. The summed E-state index contributed by atoms with van der Waals surface area (Å²) < 4.78 is 0.555. The van der Waals surface area contributed by atoms with Gasteiger partial charge in [0, 0.05) is 15.7 Å². The highest BCUT2D eigenvalue weighted by Gasteiger charge is 2.38. The van der Waals surface area contributed by atoms with E-state index in [1.807, 2.05) is 0 Å². The van der Waals surface area contributed by atoms with E-state index in [-0.39, 0.29) is 0 Å². The zero-order valence-corrected chi connectivity index (χ0v) is 11.7. The molecule has 0 N–H and O–H groups in total. The highest BCUT2D eigenvalue weighted by Crippen LogP contribution is 2.36. The van der Waals surface area contributed by atoms with Gasteiger partial charge in [-0.05, 0) is 11.7 Å². The Kier molecular flexibility index (Phi) is 3.06. The van der Waals surface area contributed by atoms with Gasteiger partial charge in [0.15, 0.2) is 0 Å². The SMILES string of the molecule is CS1=S(C(C)(C)C)C[C@H]1C(C)(C)C. The quantitative estimate of drug-likeness (QED) is 0.589. The Morgan fingerprint density at radius 2 is 1.46 bits per heavy atom.